The van der Waals surface area contributed by atoms with Crippen LogP contribution in [0.15, 0.2) is 35.3 Å². The molecule has 4 nitrogen and oxygen atoms in total. The van der Waals surface area contributed by atoms with Crippen molar-refractivity contribution >= 4 is 17.7 Å². The van der Waals surface area contributed by atoms with Crippen molar-refractivity contribution in [2.24, 2.45) is 4.99 Å². The molecule has 23 heavy (non-hydrogen) atoms. The third kappa shape index (κ3) is 8.86. The fourth-order valence-electron chi connectivity index (χ4n) is 2.29. The summed E-state index contributed by atoms with van der Waals surface area (Å²) in [4.78, 5) is 6.66. The van der Waals surface area contributed by atoms with E-state index < -0.39 is 0 Å². The van der Waals surface area contributed by atoms with E-state index in [1.54, 1.807) is 0 Å². The number of aliphatic imine (C=N–C) groups is 1. The van der Waals surface area contributed by atoms with Gasteiger partial charge in [0.05, 0.1) is 0 Å². The van der Waals surface area contributed by atoms with E-state index in [1.807, 2.05) is 18.8 Å². The van der Waals surface area contributed by atoms with Gasteiger partial charge in [-0.3, -0.25) is 9.89 Å². The third-order valence-corrected chi connectivity index (χ3v) is 4.62. The first-order valence-electron chi connectivity index (χ1n) is 8.35. The van der Waals surface area contributed by atoms with Crippen molar-refractivity contribution in [1.29, 1.82) is 0 Å². The van der Waals surface area contributed by atoms with E-state index >= 15 is 0 Å². The van der Waals surface area contributed by atoms with Crippen LogP contribution in [0.4, 0.5) is 0 Å². The average Bonchev–Trinajstić information content (AvgIpc) is 2.57. The molecule has 1 aromatic rings. The highest BCUT2D eigenvalue weighted by molar-refractivity contribution is 7.98. The first kappa shape index (κ1) is 19.8. The number of hydrogen-bond donors (Lipinski definition) is 2. The lowest BCUT2D eigenvalue weighted by Gasteiger charge is -2.25. The Bertz CT molecular complexity index is 436. The Kier molecular flexibility index (Phi) is 10.6. The van der Waals surface area contributed by atoms with Crippen LogP contribution in [0.1, 0.15) is 25.3 Å². The van der Waals surface area contributed by atoms with Gasteiger partial charge in [-0.2, -0.15) is 11.8 Å². The minimum Gasteiger partial charge on any atom is -0.356 e. The molecule has 0 saturated heterocycles. The van der Waals surface area contributed by atoms with Crippen molar-refractivity contribution < 1.29 is 0 Å². The van der Waals surface area contributed by atoms with Gasteiger partial charge in [-0.15, -0.1) is 0 Å². The molecule has 1 unspecified atom stereocenters. The van der Waals surface area contributed by atoms with Gasteiger partial charge in [-0.25, -0.2) is 0 Å². The molecule has 0 aromatic heterocycles. The monoisotopic (exact) mass is 336 g/mol. The Morgan fingerprint density at radius 2 is 1.91 bits per heavy atom. The molecule has 1 rings (SSSR count). The van der Waals surface area contributed by atoms with Crippen molar-refractivity contribution in [3.63, 3.8) is 0 Å². The maximum Gasteiger partial charge on any atom is 0.190 e. The fourth-order valence-corrected chi connectivity index (χ4v) is 2.72. The second-order valence-corrected chi connectivity index (χ2v) is 6.80. The van der Waals surface area contributed by atoms with Crippen LogP contribution in [-0.4, -0.2) is 56.1 Å². The van der Waals surface area contributed by atoms with E-state index in [-0.39, 0.29) is 0 Å². The van der Waals surface area contributed by atoms with Gasteiger partial charge < -0.3 is 10.6 Å². The van der Waals surface area contributed by atoms with Gasteiger partial charge in [0.2, 0.25) is 0 Å². The topological polar surface area (TPSA) is 39.7 Å². The number of hydrogen-bond acceptors (Lipinski definition) is 3. The van der Waals surface area contributed by atoms with Gasteiger partial charge in [0, 0.05) is 32.7 Å². The van der Waals surface area contributed by atoms with Crippen LogP contribution in [-0.2, 0) is 6.54 Å². The van der Waals surface area contributed by atoms with Gasteiger partial charge in [-0.05, 0) is 44.4 Å². The lowest BCUT2D eigenvalue weighted by Crippen LogP contribution is -2.40. The molecule has 0 aliphatic rings. The van der Waals surface area contributed by atoms with Crippen molar-refractivity contribution in [1.82, 2.24) is 15.5 Å². The largest absolute Gasteiger partial charge is 0.356 e. The van der Waals surface area contributed by atoms with E-state index in [2.05, 4.69) is 71.1 Å². The van der Waals surface area contributed by atoms with Crippen LogP contribution >= 0.6 is 11.8 Å². The molecule has 5 heteroatoms. The molecule has 0 amide bonds. The van der Waals surface area contributed by atoms with Gasteiger partial charge in [0.1, 0.15) is 0 Å². The van der Waals surface area contributed by atoms with Crippen molar-refractivity contribution in [3.05, 3.63) is 35.9 Å². The number of nitrogens with zero attached hydrogens (tertiary/aromatic N) is 2. The van der Waals surface area contributed by atoms with E-state index in [0.717, 1.165) is 38.4 Å². The second kappa shape index (κ2) is 12.3. The highest BCUT2D eigenvalue weighted by Crippen LogP contribution is 2.07. The van der Waals surface area contributed by atoms with Crippen LogP contribution < -0.4 is 10.6 Å². The molecule has 0 saturated carbocycles. The molecule has 0 radical (unpaired) electrons. The summed E-state index contributed by atoms with van der Waals surface area (Å²) in [7, 11) is 4.02. The average molecular weight is 337 g/mol. The Morgan fingerprint density at radius 3 is 2.57 bits per heavy atom. The molecule has 0 spiro atoms. The Hall–Kier alpha value is -1.20. The second-order valence-electron chi connectivity index (χ2n) is 5.81. The molecule has 130 valence electrons. The highest BCUT2D eigenvalue weighted by Gasteiger charge is 2.09. The zero-order chi connectivity index (χ0) is 16.9. The molecule has 0 bridgehead atoms. The summed E-state index contributed by atoms with van der Waals surface area (Å²) < 4.78 is 0. The molecule has 1 aromatic carbocycles. The summed E-state index contributed by atoms with van der Waals surface area (Å²) in [5, 5.41) is 6.76. The van der Waals surface area contributed by atoms with E-state index in [9.17, 15) is 0 Å². The minimum absolute atomic E-state index is 0.525. The quantitative estimate of drug-likeness (QED) is 0.392. The molecule has 0 heterocycles. The zero-order valence-electron chi connectivity index (χ0n) is 15.0. The van der Waals surface area contributed by atoms with Crippen LogP contribution in [0.25, 0.3) is 0 Å². The van der Waals surface area contributed by atoms with Crippen LogP contribution in [0.2, 0.25) is 0 Å². The summed E-state index contributed by atoms with van der Waals surface area (Å²) in [5.74, 6) is 2.09. The number of guanidine groups is 1. The number of rotatable bonds is 10. The fraction of sp³-hybridized carbons (Fsp3) is 0.611. The standard InChI is InChI=1S/C18H32N4S/c1-16(22(3)15-17-9-6-5-7-10-17)11-13-21-18(19-2)20-12-8-14-23-4/h5-7,9-10,16H,8,11-15H2,1-4H3,(H2,19,20,21). The van der Waals surface area contributed by atoms with Crippen molar-refractivity contribution in [3.8, 4) is 0 Å². The van der Waals surface area contributed by atoms with E-state index in [1.165, 1.54) is 11.3 Å². The normalized spacial score (nSPS) is 13.2. The Morgan fingerprint density at radius 1 is 1.22 bits per heavy atom. The third-order valence-electron chi connectivity index (χ3n) is 3.92. The highest BCUT2D eigenvalue weighted by atomic mass is 32.2. The van der Waals surface area contributed by atoms with Gasteiger partial charge in [0.25, 0.3) is 0 Å². The van der Waals surface area contributed by atoms with E-state index in [4.69, 9.17) is 0 Å². The first-order chi connectivity index (χ1) is 11.2. The maximum absolute atomic E-state index is 4.27. The Labute approximate surface area is 146 Å². The van der Waals surface area contributed by atoms with Crippen molar-refractivity contribution in [2.45, 2.75) is 32.4 Å². The number of nitrogens with one attached hydrogen (secondary N) is 2. The first-order valence-corrected chi connectivity index (χ1v) is 9.74. The van der Waals surface area contributed by atoms with Crippen molar-refractivity contribution in [2.75, 3.05) is 39.2 Å². The van der Waals surface area contributed by atoms with Gasteiger partial charge >= 0.3 is 0 Å². The predicted molar refractivity (Wildman–Crippen MR) is 104 cm³/mol. The lowest BCUT2D eigenvalue weighted by atomic mass is 10.1. The van der Waals surface area contributed by atoms with Gasteiger partial charge in [-0.1, -0.05) is 30.3 Å². The summed E-state index contributed by atoms with van der Waals surface area (Å²) in [6, 6.07) is 11.2. The zero-order valence-corrected chi connectivity index (χ0v) is 15.8. The molecule has 0 aliphatic carbocycles. The Balaban J connectivity index is 2.22. The molecule has 1 atom stereocenters. The van der Waals surface area contributed by atoms with Gasteiger partial charge in [0.15, 0.2) is 5.96 Å². The summed E-state index contributed by atoms with van der Waals surface area (Å²) in [6.07, 6.45) is 4.40. The summed E-state index contributed by atoms with van der Waals surface area (Å²) in [6.45, 7) is 5.18. The smallest absolute Gasteiger partial charge is 0.190 e. The summed E-state index contributed by atoms with van der Waals surface area (Å²) in [5.41, 5.74) is 1.36. The van der Waals surface area contributed by atoms with Crippen LogP contribution in [0.3, 0.4) is 0 Å². The van der Waals surface area contributed by atoms with Crippen LogP contribution in [0, 0.1) is 0 Å². The predicted octanol–water partition coefficient (Wildman–Crippen LogP) is 2.82. The molecular weight excluding hydrogens is 304 g/mol. The SMILES string of the molecule is CN=C(NCCCSC)NCCC(C)N(C)Cc1ccccc1. The number of thioether (sulfide) groups is 1. The van der Waals surface area contributed by atoms with Crippen LogP contribution in [0.5, 0.6) is 0 Å². The molecule has 0 aliphatic heterocycles. The molecule has 0 fully saturated rings. The minimum atomic E-state index is 0.525. The summed E-state index contributed by atoms with van der Waals surface area (Å²) >= 11 is 1.88. The number of benzene rings is 1. The van der Waals surface area contributed by atoms with E-state index in [0.29, 0.717) is 6.04 Å². The molecule has 2 N–H and O–H groups in total. The molecular formula is C18H32N4S. The maximum atomic E-state index is 4.27. The lowest BCUT2D eigenvalue weighted by molar-refractivity contribution is 0.238.